The van der Waals surface area contributed by atoms with Crippen LogP contribution in [0.5, 0.6) is 0 Å². The van der Waals surface area contributed by atoms with E-state index < -0.39 is 0 Å². The highest BCUT2D eigenvalue weighted by atomic mass is 16.1. The van der Waals surface area contributed by atoms with E-state index in [1.807, 2.05) is 19.2 Å². The van der Waals surface area contributed by atoms with E-state index in [1.165, 1.54) is 5.56 Å². The molecule has 22 heavy (non-hydrogen) atoms. The highest BCUT2D eigenvalue weighted by molar-refractivity contribution is 5.63. The van der Waals surface area contributed by atoms with Gasteiger partial charge in [-0.05, 0) is 57.4 Å². The number of nitrogens with zero attached hydrogens (tertiary/aromatic N) is 1. The van der Waals surface area contributed by atoms with Crippen LogP contribution in [0.4, 0.5) is 0 Å². The summed E-state index contributed by atoms with van der Waals surface area (Å²) in [5.74, 6) is 0. The Labute approximate surface area is 133 Å². The zero-order valence-corrected chi connectivity index (χ0v) is 14.2. The second kappa shape index (κ2) is 6.49. The van der Waals surface area contributed by atoms with Crippen molar-refractivity contribution in [3.05, 3.63) is 58.5 Å². The summed E-state index contributed by atoms with van der Waals surface area (Å²) in [5, 5.41) is 3.57. The standard InChI is InChI=1S/C19H26N2O/c1-6-21-12-11-17(13-18(21)22)16-9-7-15(8-10-16)14(2)20-19(3,4)5/h7-14,20H,6H2,1-5H3/t14-/m1/s1. The third kappa shape index (κ3) is 4.08. The number of hydrogen-bond acceptors (Lipinski definition) is 2. The average molecular weight is 298 g/mol. The fourth-order valence-electron chi connectivity index (χ4n) is 2.65. The summed E-state index contributed by atoms with van der Waals surface area (Å²) in [6, 6.07) is 12.4. The van der Waals surface area contributed by atoms with E-state index in [0.717, 1.165) is 11.1 Å². The second-order valence-corrected chi connectivity index (χ2v) is 6.78. The molecule has 0 bridgehead atoms. The summed E-state index contributed by atoms with van der Waals surface area (Å²) in [6.45, 7) is 11.3. The van der Waals surface area contributed by atoms with Crippen LogP contribution in [0, 0.1) is 0 Å². The van der Waals surface area contributed by atoms with Gasteiger partial charge in [0.1, 0.15) is 0 Å². The summed E-state index contributed by atoms with van der Waals surface area (Å²) >= 11 is 0. The number of aryl methyl sites for hydroxylation is 1. The van der Waals surface area contributed by atoms with Gasteiger partial charge in [-0.3, -0.25) is 4.79 Å². The molecule has 1 aromatic heterocycles. The van der Waals surface area contributed by atoms with Gasteiger partial charge in [0.05, 0.1) is 0 Å². The molecule has 0 spiro atoms. The van der Waals surface area contributed by atoms with Crippen molar-refractivity contribution in [1.29, 1.82) is 0 Å². The Morgan fingerprint density at radius 1 is 1.09 bits per heavy atom. The van der Waals surface area contributed by atoms with Crippen molar-refractivity contribution in [1.82, 2.24) is 9.88 Å². The van der Waals surface area contributed by atoms with Crippen molar-refractivity contribution in [2.75, 3.05) is 0 Å². The Morgan fingerprint density at radius 3 is 2.23 bits per heavy atom. The predicted octanol–water partition coefficient (Wildman–Crippen LogP) is 3.98. The largest absolute Gasteiger partial charge is 0.316 e. The first kappa shape index (κ1) is 16.5. The van der Waals surface area contributed by atoms with Crippen molar-refractivity contribution in [3.63, 3.8) is 0 Å². The molecule has 1 N–H and O–H groups in total. The van der Waals surface area contributed by atoms with E-state index in [2.05, 4.69) is 57.3 Å². The maximum atomic E-state index is 11.9. The molecule has 2 aromatic rings. The molecule has 118 valence electrons. The van der Waals surface area contributed by atoms with E-state index in [1.54, 1.807) is 10.6 Å². The Bertz CT molecular complexity index is 678. The number of aromatic nitrogens is 1. The maximum absolute atomic E-state index is 11.9. The molecule has 0 saturated carbocycles. The summed E-state index contributed by atoms with van der Waals surface area (Å²) in [4.78, 5) is 11.9. The van der Waals surface area contributed by atoms with Crippen LogP contribution in [0.25, 0.3) is 11.1 Å². The van der Waals surface area contributed by atoms with E-state index in [-0.39, 0.29) is 11.1 Å². The zero-order valence-electron chi connectivity index (χ0n) is 14.2. The molecule has 0 fully saturated rings. The topological polar surface area (TPSA) is 34.0 Å². The van der Waals surface area contributed by atoms with Crippen LogP contribution in [0.2, 0.25) is 0 Å². The normalized spacial score (nSPS) is 13.1. The molecule has 0 radical (unpaired) electrons. The zero-order chi connectivity index (χ0) is 16.3. The lowest BCUT2D eigenvalue weighted by Crippen LogP contribution is -2.37. The Balaban J connectivity index is 2.22. The van der Waals surface area contributed by atoms with E-state index in [0.29, 0.717) is 12.6 Å². The summed E-state index contributed by atoms with van der Waals surface area (Å²) < 4.78 is 1.70. The minimum absolute atomic E-state index is 0.0480. The Hall–Kier alpha value is -1.87. The van der Waals surface area contributed by atoms with Crippen molar-refractivity contribution in [2.45, 2.75) is 52.7 Å². The van der Waals surface area contributed by atoms with Gasteiger partial charge in [0.2, 0.25) is 0 Å². The highest BCUT2D eigenvalue weighted by Crippen LogP contribution is 2.22. The Kier molecular flexibility index (Phi) is 4.87. The summed E-state index contributed by atoms with van der Waals surface area (Å²) in [5.41, 5.74) is 3.43. The molecule has 0 saturated heterocycles. The average Bonchev–Trinajstić information content (AvgIpc) is 2.45. The molecule has 0 aliphatic carbocycles. The number of rotatable bonds is 4. The lowest BCUT2D eigenvalue weighted by Gasteiger charge is -2.26. The fourth-order valence-corrected chi connectivity index (χ4v) is 2.65. The van der Waals surface area contributed by atoms with Crippen LogP contribution in [0.3, 0.4) is 0 Å². The molecule has 1 atom stereocenters. The van der Waals surface area contributed by atoms with E-state index >= 15 is 0 Å². The van der Waals surface area contributed by atoms with Gasteiger partial charge in [-0.2, -0.15) is 0 Å². The third-order valence-corrected chi connectivity index (χ3v) is 3.73. The molecule has 3 heteroatoms. The first-order chi connectivity index (χ1) is 10.3. The lowest BCUT2D eigenvalue weighted by atomic mass is 10.00. The van der Waals surface area contributed by atoms with Gasteiger partial charge in [0.15, 0.2) is 0 Å². The quantitative estimate of drug-likeness (QED) is 0.926. The molecule has 0 aliphatic rings. The van der Waals surface area contributed by atoms with Crippen LogP contribution in [-0.4, -0.2) is 10.1 Å². The number of hydrogen-bond donors (Lipinski definition) is 1. The van der Waals surface area contributed by atoms with Crippen LogP contribution >= 0.6 is 0 Å². The van der Waals surface area contributed by atoms with Gasteiger partial charge in [-0.15, -0.1) is 0 Å². The van der Waals surface area contributed by atoms with Crippen LogP contribution in [0.1, 0.15) is 46.2 Å². The molecule has 1 heterocycles. The van der Waals surface area contributed by atoms with E-state index in [4.69, 9.17) is 0 Å². The van der Waals surface area contributed by atoms with Crippen molar-refractivity contribution in [3.8, 4) is 11.1 Å². The number of nitrogens with one attached hydrogen (secondary N) is 1. The predicted molar refractivity (Wildman–Crippen MR) is 93.1 cm³/mol. The molecule has 2 rings (SSSR count). The van der Waals surface area contributed by atoms with Crippen LogP contribution in [0.15, 0.2) is 47.4 Å². The molecule has 0 amide bonds. The number of benzene rings is 1. The minimum atomic E-state index is 0.0480. The molecule has 1 aromatic carbocycles. The first-order valence-corrected chi connectivity index (χ1v) is 7.88. The molecule has 0 aliphatic heterocycles. The lowest BCUT2D eigenvalue weighted by molar-refractivity contribution is 0.378. The monoisotopic (exact) mass is 298 g/mol. The minimum Gasteiger partial charge on any atom is -0.316 e. The summed E-state index contributed by atoms with van der Waals surface area (Å²) in [7, 11) is 0. The van der Waals surface area contributed by atoms with Gasteiger partial charge < -0.3 is 9.88 Å². The van der Waals surface area contributed by atoms with Gasteiger partial charge >= 0.3 is 0 Å². The van der Waals surface area contributed by atoms with Gasteiger partial charge in [0.25, 0.3) is 5.56 Å². The van der Waals surface area contributed by atoms with Gasteiger partial charge in [0, 0.05) is 30.4 Å². The SMILES string of the molecule is CCn1ccc(-c2ccc([C@@H](C)NC(C)(C)C)cc2)cc1=O. The second-order valence-electron chi connectivity index (χ2n) is 6.78. The highest BCUT2D eigenvalue weighted by Gasteiger charge is 2.14. The molecule has 3 nitrogen and oxygen atoms in total. The van der Waals surface area contributed by atoms with Crippen LogP contribution in [-0.2, 0) is 6.54 Å². The fraction of sp³-hybridized carbons (Fsp3) is 0.421. The summed E-state index contributed by atoms with van der Waals surface area (Å²) in [6.07, 6.45) is 1.86. The molecule has 0 unspecified atom stereocenters. The van der Waals surface area contributed by atoms with E-state index in [9.17, 15) is 4.79 Å². The maximum Gasteiger partial charge on any atom is 0.251 e. The van der Waals surface area contributed by atoms with Crippen molar-refractivity contribution < 1.29 is 0 Å². The Morgan fingerprint density at radius 2 is 1.73 bits per heavy atom. The third-order valence-electron chi connectivity index (χ3n) is 3.73. The van der Waals surface area contributed by atoms with Crippen molar-refractivity contribution >= 4 is 0 Å². The van der Waals surface area contributed by atoms with Gasteiger partial charge in [-0.1, -0.05) is 24.3 Å². The van der Waals surface area contributed by atoms with Crippen LogP contribution < -0.4 is 10.9 Å². The first-order valence-electron chi connectivity index (χ1n) is 7.88. The smallest absolute Gasteiger partial charge is 0.251 e. The number of pyridine rings is 1. The van der Waals surface area contributed by atoms with Gasteiger partial charge in [-0.25, -0.2) is 0 Å². The molecular formula is C19H26N2O. The molecular weight excluding hydrogens is 272 g/mol. The van der Waals surface area contributed by atoms with Crippen molar-refractivity contribution in [2.24, 2.45) is 0 Å².